The van der Waals surface area contributed by atoms with Crippen LogP contribution in [0.2, 0.25) is 0 Å². The molecular formula is C13H24N2O4. The highest BCUT2D eigenvalue weighted by atomic mass is 16.7. The summed E-state index contributed by atoms with van der Waals surface area (Å²) in [6.45, 7) is 4.02. The molecule has 0 aliphatic carbocycles. The van der Waals surface area contributed by atoms with Crippen LogP contribution >= 0.6 is 0 Å². The molecule has 2 fully saturated rings. The van der Waals surface area contributed by atoms with Gasteiger partial charge in [-0.05, 0) is 20.5 Å². The molecule has 110 valence electrons. The molecule has 0 radical (unpaired) electrons. The Balaban J connectivity index is 1.65. The van der Waals surface area contributed by atoms with Crippen molar-refractivity contribution < 1.29 is 19.0 Å². The summed E-state index contributed by atoms with van der Waals surface area (Å²) in [4.78, 5) is 15.7. The molecule has 0 atom stereocenters. The zero-order valence-electron chi connectivity index (χ0n) is 11.9. The highest BCUT2D eigenvalue weighted by Gasteiger charge is 2.41. The average Bonchev–Trinajstić information content (AvgIpc) is 2.83. The van der Waals surface area contributed by atoms with Crippen molar-refractivity contribution in [1.82, 2.24) is 9.80 Å². The van der Waals surface area contributed by atoms with Crippen molar-refractivity contribution in [3.8, 4) is 0 Å². The summed E-state index contributed by atoms with van der Waals surface area (Å²) in [6.07, 6.45) is 2.12. The number of nitrogens with zero attached hydrogens (tertiary/aromatic N) is 2. The number of carbonyl (C=O) groups excluding carboxylic acids is 1. The third-order valence-corrected chi connectivity index (χ3v) is 3.57. The van der Waals surface area contributed by atoms with Gasteiger partial charge in [0.25, 0.3) is 0 Å². The number of ether oxygens (including phenoxy) is 3. The summed E-state index contributed by atoms with van der Waals surface area (Å²) in [7, 11) is 4.01. The van der Waals surface area contributed by atoms with E-state index in [0.717, 1.165) is 25.8 Å². The van der Waals surface area contributed by atoms with Gasteiger partial charge in [-0.3, -0.25) is 0 Å². The SMILES string of the molecule is CN(C)CCCOC(=O)N1CCC2(CC1)OCCO2. The molecule has 0 bridgehead atoms. The third-order valence-electron chi connectivity index (χ3n) is 3.57. The van der Waals surface area contributed by atoms with Crippen LogP contribution in [0, 0.1) is 0 Å². The molecule has 2 heterocycles. The quantitative estimate of drug-likeness (QED) is 0.712. The Morgan fingerprint density at radius 1 is 1.26 bits per heavy atom. The van der Waals surface area contributed by atoms with Gasteiger partial charge >= 0.3 is 6.09 Å². The van der Waals surface area contributed by atoms with Crippen molar-refractivity contribution in [2.45, 2.75) is 25.0 Å². The number of hydrogen-bond acceptors (Lipinski definition) is 5. The smallest absolute Gasteiger partial charge is 0.409 e. The number of amides is 1. The molecule has 2 aliphatic heterocycles. The third kappa shape index (κ3) is 4.06. The molecule has 0 unspecified atom stereocenters. The lowest BCUT2D eigenvalue weighted by Crippen LogP contribution is -2.47. The van der Waals surface area contributed by atoms with Gasteiger partial charge in [-0.1, -0.05) is 0 Å². The van der Waals surface area contributed by atoms with Gasteiger partial charge in [-0.2, -0.15) is 0 Å². The number of piperidine rings is 1. The maximum Gasteiger partial charge on any atom is 0.409 e. The molecule has 19 heavy (non-hydrogen) atoms. The standard InChI is InChI=1S/C13H24N2O4/c1-14(2)6-3-9-17-12(16)15-7-4-13(5-8-15)18-10-11-19-13/h3-11H2,1-2H3. The molecule has 6 nitrogen and oxygen atoms in total. The van der Waals surface area contributed by atoms with Gasteiger partial charge in [0, 0.05) is 32.5 Å². The van der Waals surface area contributed by atoms with E-state index in [-0.39, 0.29) is 6.09 Å². The van der Waals surface area contributed by atoms with Gasteiger partial charge in [0.1, 0.15) is 0 Å². The zero-order chi connectivity index (χ0) is 13.7. The molecule has 1 spiro atoms. The summed E-state index contributed by atoms with van der Waals surface area (Å²) in [5.74, 6) is -0.429. The first-order chi connectivity index (χ1) is 9.11. The monoisotopic (exact) mass is 272 g/mol. The van der Waals surface area contributed by atoms with E-state index in [1.807, 2.05) is 14.1 Å². The lowest BCUT2D eigenvalue weighted by atomic mass is 10.0. The van der Waals surface area contributed by atoms with Crippen LogP contribution < -0.4 is 0 Å². The predicted molar refractivity (Wildman–Crippen MR) is 70.0 cm³/mol. The van der Waals surface area contributed by atoms with Crippen molar-refractivity contribution in [3.05, 3.63) is 0 Å². The van der Waals surface area contributed by atoms with Gasteiger partial charge in [-0.15, -0.1) is 0 Å². The van der Waals surface area contributed by atoms with Crippen LogP contribution in [0.25, 0.3) is 0 Å². The van der Waals surface area contributed by atoms with E-state index in [4.69, 9.17) is 14.2 Å². The summed E-state index contributed by atoms with van der Waals surface area (Å²) >= 11 is 0. The summed E-state index contributed by atoms with van der Waals surface area (Å²) < 4.78 is 16.5. The number of hydrogen-bond donors (Lipinski definition) is 0. The Labute approximate surface area is 114 Å². The number of rotatable bonds is 4. The van der Waals surface area contributed by atoms with Crippen LogP contribution in [-0.2, 0) is 14.2 Å². The molecule has 1 amide bonds. The first-order valence-electron chi connectivity index (χ1n) is 6.96. The molecule has 2 rings (SSSR count). The predicted octanol–water partition coefficient (Wildman–Crippen LogP) is 0.914. The fourth-order valence-electron chi connectivity index (χ4n) is 2.45. The maximum absolute atomic E-state index is 11.9. The molecule has 2 aliphatic rings. The second-order valence-electron chi connectivity index (χ2n) is 5.37. The highest BCUT2D eigenvalue weighted by Crippen LogP contribution is 2.31. The van der Waals surface area contributed by atoms with E-state index in [0.29, 0.717) is 32.9 Å². The fourth-order valence-corrected chi connectivity index (χ4v) is 2.45. The second kappa shape index (κ2) is 6.54. The van der Waals surface area contributed by atoms with E-state index in [1.165, 1.54) is 0 Å². The van der Waals surface area contributed by atoms with Crippen LogP contribution in [0.1, 0.15) is 19.3 Å². The minimum absolute atomic E-state index is 0.216. The lowest BCUT2D eigenvalue weighted by Gasteiger charge is -2.36. The minimum Gasteiger partial charge on any atom is -0.449 e. The Hall–Kier alpha value is -0.850. The lowest BCUT2D eigenvalue weighted by molar-refractivity contribution is -0.182. The molecule has 0 aromatic heterocycles. The van der Waals surface area contributed by atoms with Gasteiger partial charge in [-0.25, -0.2) is 4.79 Å². The number of carbonyl (C=O) groups is 1. The van der Waals surface area contributed by atoms with Crippen LogP contribution in [0.5, 0.6) is 0 Å². The van der Waals surface area contributed by atoms with E-state index in [9.17, 15) is 4.79 Å². The fraction of sp³-hybridized carbons (Fsp3) is 0.923. The Kier molecular flexibility index (Phi) is 5.01. The van der Waals surface area contributed by atoms with Crippen molar-refractivity contribution >= 4 is 6.09 Å². The first-order valence-corrected chi connectivity index (χ1v) is 6.96. The Morgan fingerprint density at radius 2 is 1.89 bits per heavy atom. The first kappa shape index (κ1) is 14.6. The molecule has 6 heteroatoms. The van der Waals surface area contributed by atoms with Gasteiger partial charge in [0.2, 0.25) is 0 Å². The second-order valence-corrected chi connectivity index (χ2v) is 5.37. The summed E-state index contributed by atoms with van der Waals surface area (Å²) in [5, 5.41) is 0. The van der Waals surface area contributed by atoms with E-state index < -0.39 is 5.79 Å². The molecule has 2 saturated heterocycles. The van der Waals surface area contributed by atoms with E-state index in [1.54, 1.807) is 4.90 Å². The van der Waals surface area contributed by atoms with E-state index >= 15 is 0 Å². The van der Waals surface area contributed by atoms with Crippen LogP contribution in [-0.4, -0.2) is 75.2 Å². The van der Waals surface area contributed by atoms with E-state index in [2.05, 4.69) is 4.90 Å². The van der Waals surface area contributed by atoms with Gasteiger partial charge < -0.3 is 24.0 Å². The molecule has 0 aromatic rings. The maximum atomic E-state index is 11.9. The number of likely N-dealkylation sites (tertiary alicyclic amines) is 1. The van der Waals surface area contributed by atoms with Crippen molar-refractivity contribution in [1.29, 1.82) is 0 Å². The van der Waals surface area contributed by atoms with Crippen molar-refractivity contribution in [3.63, 3.8) is 0 Å². The van der Waals surface area contributed by atoms with Crippen molar-refractivity contribution in [2.75, 3.05) is 53.6 Å². The average molecular weight is 272 g/mol. The van der Waals surface area contributed by atoms with Gasteiger partial charge in [0.15, 0.2) is 5.79 Å². The molecular weight excluding hydrogens is 248 g/mol. The largest absolute Gasteiger partial charge is 0.449 e. The highest BCUT2D eigenvalue weighted by molar-refractivity contribution is 5.67. The molecule has 0 saturated carbocycles. The van der Waals surface area contributed by atoms with Gasteiger partial charge in [0.05, 0.1) is 19.8 Å². The Bertz CT molecular complexity index is 293. The summed E-state index contributed by atoms with van der Waals surface area (Å²) in [5.41, 5.74) is 0. The van der Waals surface area contributed by atoms with Crippen molar-refractivity contribution in [2.24, 2.45) is 0 Å². The normalized spacial score (nSPS) is 22.2. The van der Waals surface area contributed by atoms with Crippen LogP contribution in [0.3, 0.4) is 0 Å². The topological polar surface area (TPSA) is 51.2 Å². The summed E-state index contributed by atoms with van der Waals surface area (Å²) in [6, 6.07) is 0. The Morgan fingerprint density at radius 3 is 2.47 bits per heavy atom. The minimum atomic E-state index is -0.429. The zero-order valence-corrected chi connectivity index (χ0v) is 11.9. The molecule has 0 aromatic carbocycles. The van der Waals surface area contributed by atoms with Crippen LogP contribution in [0.15, 0.2) is 0 Å². The van der Waals surface area contributed by atoms with Crippen LogP contribution in [0.4, 0.5) is 4.79 Å². The molecule has 0 N–H and O–H groups in total.